The summed E-state index contributed by atoms with van der Waals surface area (Å²) < 4.78 is 56.7. The number of H-pyrrole nitrogens is 1. The third-order valence-corrected chi connectivity index (χ3v) is 5.83. The average molecular weight is 455 g/mol. The number of nitrogens with zero attached hydrogens (tertiary/aromatic N) is 1. The minimum absolute atomic E-state index is 0.124. The number of carbonyl (C=O) groups excluding carboxylic acids is 1. The van der Waals surface area contributed by atoms with Crippen LogP contribution in [0, 0.1) is 5.92 Å². The van der Waals surface area contributed by atoms with Crippen LogP contribution in [-0.4, -0.2) is 40.4 Å². The lowest BCUT2D eigenvalue weighted by molar-refractivity contribution is -0.164. The van der Waals surface area contributed by atoms with E-state index in [4.69, 9.17) is 4.74 Å². The van der Waals surface area contributed by atoms with Crippen molar-refractivity contribution in [1.82, 2.24) is 15.3 Å². The lowest BCUT2D eigenvalue weighted by atomic mass is 9.79. The largest absolute Gasteiger partial charge is 0.377 e. The maximum Gasteiger partial charge on any atom is 0.253 e. The summed E-state index contributed by atoms with van der Waals surface area (Å²) in [6.45, 7) is 0.634. The standard InChI is InChI=1S/C20H23F4N3O2.C3H6/c21-19(22)7-13(8-19)6-18(28)25-11-12-1-2-15-16(5-12)27-17(26-15)3-4-29-14-9-20(23,24)10-14;1-2-3-1/h1-2,5,13-14H,3-4,6-11H2,(H,25,28)(H,26,27);1-3H2. The molecule has 3 saturated carbocycles. The molecule has 0 bridgehead atoms. The molecule has 3 fully saturated rings. The Labute approximate surface area is 184 Å². The second-order valence-corrected chi connectivity index (χ2v) is 9.21. The molecule has 2 N–H and O–H groups in total. The van der Waals surface area contributed by atoms with Gasteiger partial charge in [0.05, 0.1) is 23.7 Å². The highest BCUT2D eigenvalue weighted by Crippen LogP contribution is 2.44. The Morgan fingerprint density at radius 1 is 1.09 bits per heavy atom. The number of halogens is 4. The van der Waals surface area contributed by atoms with Crippen molar-refractivity contribution >= 4 is 16.9 Å². The summed E-state index contributed by atoms with van der Waals surface area (Å²) in [5, 5.41) is 2.76. The lowest BCUT2D eigenvalue weighted by Crippen LogP contribution is -2.41. The second kappa shape index (κ2) is 9.37. The lowest BCUT2D eigenvalue weighted by Gasteiger charge is -2.34. The number of ether oxygens (including phenoxy) is 1. The normalized spacial score (nSPS) is 21.2. The maximum atomic E-state index is 12.8. The van der Waals surface area contributed by atoms with Crippen molar-refractivity contribution in [2.75, 3.05) is 6.61 Å². The van der Waals surface area contributed by atoms with Crippen LogP contribution in [0.1, 0.15) is 62.8 Å². The Balaban J connectivity index is 0.000000754. The maximum absolute atomic E-state index is 12.8. The van der Waals surface area contributed by atoms with E-state index in [9.17, 15) is 22.4 Å². The van der Waals surface area contributed by atoms with Crippen LogP contribution in [0.15, 0.2) is 18.2 Å². The van der Waals surface area contributed by atoms with Gasteiger partial charge < -0.3 is 15.0 Å². The number of aromatic amines is 1. The molecule has 0 aliphatic heterocycles. The minimum Gasteiger partial charge on any atom is -0.377 e. The fourth-order valence-corrected chi connectivity index (χ4v) is 3.85. The first-order valence-corrected chi connectivity index (χ1v) is 11.3. The number of imidazole rings is 1. The number of aromatic nitrogens is 2. The fourth-order valence-electron chi connectivity index (χ4n) is 3.85. The number of nitrogens with one attached hydrogen (secondary N) is 2. The summed E-state index contributed by atoms with van der Waals surface area (Å²) in [7, 11) is 0. The zero-order valence-corrected chi connectivity index (χ0v) is 17.9. The predicted molar refractivity (Wildman–Crippen MR) is 112 cm³/mol. The van der Waals surface area contributed by atoms with E-state index >= 15 is 0 Å². The SMILES string of the molecule is C1CC1.O=C(CC1CC(F)(F)C1)NCc1ccc2nc(CCOC3CC(F)(F)C3)[nH]c2c1. The first-order chi connectivity index (χ1) is 15.2. The van der Waals surface area contributed by atoms with E-state index in [1.54, 1.807) is 0 Å². The number of amides is 1. The van der Waals surface area contributed by atoms with Gasteiger partial charge in [0.25, 0.3) is 5.92 Å². The minimum atomic E-state index is -2.61. The zero-order valence-electron chi connectivity index (χ0n) is 17.9. The molecule has 32 heavy (non-hydrogen) atoms. The Morgan fingerprint density at radius 3 is 2.41 bits per heavy atom. The first kappa shape index (κ1) is 23.0. The smallest absolute Gasteiger partial charge is 0.253 e. The number of alkyl halides is 4. The van der Waals surface area contributed by atoms with Crippen LogP contribution in [0.25, 0.3) is 11.0 Å². The van der Waals surface area contributed by atoms with Gasteiger partial charge in [-0.2, -0.15) is 0 Å². The molecule has 3 aliphatic rings. The number of fused-ring (bicyclic) bond motifs is 1. The van der Waals surface area contributed by atoms with Crippen LogP contribution in [0.4, 0.5) is 17.6 Å². The Bertz CT molecular complexity index is 926. The van der Waals surface area contributed by atoms with E-state index < -0.39 is 11.8 Å². The molecule has 0 spiro atoms. The molecule has 1 aromatic heterocycles. The fraction of sp³-hybridized carbons (Fsp3) is 0.652. The number of rotatable bonds is 8. The van der Waals surface area contributed by atoms with Crippen molar-refractivity contribution in [2.24, 2.45) is 5.92 Å². The van der Waals surface area contributed by atoms with Gasteiger partial charge in [0.15, 0.2) is 0 Å². The molecule has 176 valence electrons. The average Bonchev–Trinajstić information content (AvgIpc) is 3.50. The topological polar surface area (TPSA) is 67.0 Å². The van der Waals surface area contributed by atoms with Gasteiger partial charge in [0, 0.05) is 45.1 Å². The number of hydrogen-bond acceptors (Lipinski definition) is 3. The molecule has 5 rings (SSSR count). The molecule has 0 radical (unpaired) electrons. The highest BCUT2D eigenvalue weighted by atomic mass is 19.3. The van der Waals surface area contributed by atoms with E-state index in [1.807, 2.05) is 18.2 Å². The van der Waals surface area contributed by atoms with Gasteiger partial charge in [-0.05, 0) is 23.6 Å². The van der Waals surface area contributed by atoms with Crippen LogP contribution >= 0.6 is 0 Å². The van der Waals surface area contributed by atoms with Gasteiger partial charge in [-0.25, -0.2) is 22.5 Å². The summed E-state index contributed by atoms with van der Waals surface area (Å²) in [5.74, 6) is -4.95. The number of benzene rings is 1. The molecule has 2 aromatic rings. The van der Waals surface area contributed by atoms with Gasteiger partial charge in [0.1, 0.15) is 5.82 Å². The third kappa shape index (κ3) is 6.67. The van der Waals surface area contributed by atoms with Gasteiger partial charge in [-0.3, -0.25) is 4.79 Å². The van der Waals surface area contributed by atoms with Crippen molar-refractivity contribution in [3.05, 3.63) is 29.6 Å². The second-order valence-electron chi connectivity index (χ2n) is 9.21. The van der Waals surface area contributed by atoms with Crippen molar-refractivity contribution < 1.29 is 27.1 Å². The molecule has 5 nitrogen and oxygen atoms in total. The summed E-state index contributed by atoms with van der Waals surface area (Å²) in [4.78, 5) is 19.5. The monoisotopic (exact) mass is 455 g/mol. The van der Waals surface area contributed by atoms with Gasteiger partial charge in [0.2, 0.25) is 11.8 Å². The van der Waals surface area contributed by atoms with E-state index in [0.717, 1.165) is 16.6 Å². The number of hydrogen-bond donors (Lipinski definition) is 2. The van der Waals surface area contributed by atoms with Gasteiger partial charge >= 0.3 is 0 Å². The molecule has 0 unspecified atom stereocenters. The molecule has 9 heteroatoms. The highest BCUT2D eigenvalue weighted by Gasteiger charge is 2.46. The van der Waals surface area contributed by atoms with Crippen molar-refractivity contribution in [3.63, 3.8) is 0 Å². The molecule has 1 heterocycles. The highest BCUT2D eigenvalue weighted by molar-refractivity contribution is 5.78. The predicted octanol–water partition coefficient (Wildman–Crippen LogP) is 5.14. The summed E-state index contributed by atoms with van der Waals surface area (Å²) >= 11 is 0. The molecule has 0 saturated heterocycles. The van der Waals surface area contributed by atoms with Gasteiger partial charge in [-0.15, -0.1) is 0 Å². The molecule has 1 amide bonds. The van der Waals surface area contributed by atoms with E-state index in [1.165, 1.54) is 19.3 Å². The third-order valence-electron chi connectivity index (χ3n) is 5.83. The quantitative estimate of drug-likeness (QED) is 0.542. The van der Waals surface area contributed by atoms with Crippen molar-refractivity contribution in [3.8, 4) is 0 Å². The summed E-state index contributed by atoms with van der Waals surface area (Å²) in [5.41, 5.74) is 2.44. The molecule has 0 atom stereocenters. The van der Waals surface area contributed by atoms with Gasteiger partial charge in [-0.1, -0.05) is 25.3 Å². The van der Waals surface area contributed by atoms with Crippen LogP contribution in [0.3, 0.4) is 0 Å². The Kier molecular flexibility index (Phi) is 6.74. The van der Waals surface area contributed by atoms with E-state index in [2.05, 4.69) is 15.3 Å². The van der Waals surface area contributed by atoms with Crippen LogP contribution in [0.2, 0.25) is 0 Å². The number of carbonyl (C=O) groups is 1. The first-order valence-electron chi connectivity index (χ1n) is 11.3. The molecule has 1 aromatic carbocycles. The Hall–Kier alpha value is -2.16. The van der Waals surface area contributed by atoms with E-state index in [0.29, 0.717) is 25.4 Å². The zero-order chi connectivity index (χ0) is 22.8. The summed E-state index contributed by atoms with van der Waals surface area (Å²) in [6, 6.07) is 5.55. The van der Waals surface area contributed by atoms with Crippen LogP contribution in [-0.2, 0) is 22.5 Å². The molecular formula is C23H29F4N3O2. The van der Waals surface area contributed by atoms with Crippen LogP contribution < -0.4 is 5.32 Å². The Morgan fingerprint density at radius 2 is 1.78 bits per heavy atom. The van der Waals surface area contributed by atoms with Crippen molar-refractivity contribution in [2.45, 2.75) is 82.3 Å². The van der Waals surface area contributed by atoms with E-state index in [-0.39, 0.29) is 50.0 Å². The summed E-state index contributed by atoms with van der Waals surface area (Å²) in [6.07, 6.45) is 3.88. The molecule has 3 aliphatic carbocycles. The molecular weight excluding hydrogens is 426 g/mol. The van der Waals surface area contributed by atoms with Crippen molar-refractivity contribution in [1.29, 1.82) is 0 Å². The van der Waals surface area contributed by atoms with Crippen LogP contribution in [0.5, 0.6) is 0 Å².